The number of pyridine rings is 1. The summed E-state index contributed by atoms with van der Waals surface area (Å²) in [6, 6.07) is 4.78. The Labute approximate surface area is 113 Å². The molecule has 0 aliphatic heterocycles. The summed E-state index contributed by atoms with van der Waals surface area (Å²) in [7, 11) is -3.48. The molecule has 5 nitrogen and oxygen atoms in total. The fourth-order valence-corrected chi connectivity index (χ4v) is 3.45. The number of sulfonamides is 1. The Kier molecular flexibility index (Phi) is 4.17. The third-order valence-electron chi connectivity index (χ3n) is 3.12. The maximum Gasteiger partial charge on any atom is 0.244 e. The number of nitrogens with zero attached hydrogens (tertiary/aromatic N) is 3. The van der Waals surface area contributed by atoms with E-state index in [1.807, 2.05) is 13.0 Å². The summed E-state index contributed by atoms with van der Waals surface area (Å²) < 4.78 is 26.5. The van der Waals surface area contributed by atoms with Gasteiger partial charge in [-0.15, -0.1) is 0 Å². The van der Waals surface area contributed by atoms with E-state index in [-0.39, 0.29) is 10.6 Å². The lowest BCUT2D eigenvalue weighted by molar-refractivity contribution is 0.395. The van der Waals surface area contributed by atoms with Gasteiger partial charge in [0.1, 0.15) is 16.7 Å². The second kappa shape index (κ2) is 5.68. The summed E-state index contributed by atoms with van der Waals surface area (Å²) in [4.78, 5) is 4.00. The van der Waals surface area contributed by atoms with Gasteiger partial charge in [-0.3, -0.25) is 0 Å². The molecule has 0 spiro atoms. The minimum absolute atomic E-state index is 0.167. The summed E-state index contributed by atoms with van der Waals surface area (Å²) in [6.45, 7) is 3.08. The van der Waals surface area contributed by atoms with Crippen LogP contribution in [0.25, 0.3) is 0 Å². The number of rotatable bonds is 6. The first kappa shape index (κ1) is 14.0. The second-order valence-corrected chi connectivity index (χ2v) is 6.74. The molecular formula is C13H17N3O2S. The van der Waals surface area contributed by atoms with Crippen LogP contribution in [-0.4, -0.2) is 30.8 Å². The molecule has 1 aliphatic carbocycles. The fraction of sp³-hybridized carbons (Fsp3) is 0.538. The monoisotopic (exact) mass is 279 g/mol. The number of hydrogen-bond donors (Lipinski definition) is 0. The van der Waals surface area contributed by atoms with Crippen LogP contribution in [0.15, 0.2) is 23.2 Å². The lowest BCUT2D eigenvalue weighted by atomic mass is 10.4. The van der Waals surface area contributed by atoms with Crippen molar-refractivity contribution in [3.05, 3.63) is 24.0 Å². The molecule has 1 aliphatic rings. The van der Waals surface area contributed by atoms with E-state index in [0.29, 0.717) is 19.0 Å². The molecule has 1 saturated carbocycles. The van der Waals surface area contributed by atoms with Crippen LogP contribution >= 0.6 is 0 Å². The Bertz CT molecular complexity index is 571. The Morgan fingerprint density at radius 2 is 2.21 bits per heavy atom. The van der Waals surface area contributed by atoms with Gasteiger partial charge in [0.2, 0.25) is 10.0 Å². The third kappa shape index (κ3) is 3.31. The van der Waals surface area contributed by atoms with Crippen molar-refractivity contribution in [3.63, 3.8) is 0 Å². The molecule has 0 radical (unpaired) electrons. The highest BCUT2D eigenvalue weighted by Gasteiger charge is 2.31. The molecule has 0 saturated heterocycles. The molecule has 1 fully saturated rings. The minimum Gasteiger partial charge on any atom is -0.244 e. The van der Waals surface area contributed by atoms with Crippen molar-refractivity contribution in [1.29, 1.82) is 5.26 Å². The molecule has 6 heteroatoms. The number of hydrogen-bond acceptors (Lipinski definition) is 4. The topological polar surface area (TPSA) is 74.1 Å². The van der Waals surface area contributed by atoms with E-state index >= 15 is 0 Å². The largest absolute Gasteiger partial charge is 0.244 e. The number of nitriles is 1. The van der Waals surface area contributed by atoms with Crippen LogP contribution in [-0.2, 0) is 10.0 Å². The summed E-state index contributed by atoms with van der Waals surface area (Å²) >= 11 is 0. The molecule has 1 heterocycles. The average Bonchev–Trinajstić information content (AvgIpc) is 3.22. The maximum atomic E-state index is 12.5. The van der Waals surface area contributed by atoms with Gasteiger partial charge >= 0.3 is 0 Å². The highest BCUT2D eigenvalue weighted by molar-refractivity contribution is 7.89. The van der Waals surface area contributed by atoms with Crippen LogP contribution in [0.2, 0.25) is 0 Å². The average molecular weight is 279 g/mol. The first-order valence-electron chi connectivity index (χ1n) is 6.44. The molecule has 1 aromatic heterocycles. The minimum atomic E-state index is -3.48. The zero-order valence-corrected chi connectivity index (χ0v) is 11.7. The van der Waals surface area contributed by atoms with Gasteiger partial charge in [0.15, 0.2) is 0 Å². The lowest BCUT2D eigenvalue weighted by Gasteiger charge is -2.21. The van der Waals surface area contributed by atoms with Crippen LogP contribution in [0, 0.1) is 17.2 Å². The fourth-order valence-electron chi connectivity index (χ4n) is 1.90. The highest BCUT2D eigenvalue weighted by Crippen LogP contribution is 2.31. The van der Waals surface area contributed by atoms with Crippen molar-refractivity contribution in [3.8, 4) is 6.07 Å². The van der Waals surface area contributed by atoms with Crippen molar-refractivity contribution < 1.29 is 8.42 Å². The Hall–Kier alpha value is -1.45. The Morgan fingerprint density at radius 1 is 1.47 bits per heavy atom. The van der Waals surface area contributed by atoms with Crippen molar-refractivity contribution in [2.75, 3.05) is 13.1 Å². The summed E-state index contributed by atoms with van der Waals surface area (Å²) in [6.07, 6.45) is 4.28. The van der Waals surface area contributed by atoms with Gasteiger partial charge in [-0.05, 0) is 37.3 Å². The van der Waals surface area contributed by atoms with Crippen LogP contribution in [0.4, 0.5) is 0 Å². The van der Waals surface area contributed by atoms with E-state index in [4.69, 9.17) is 5.26 Å². The van der Waals surface area contributed by atoms with Crippen LogP contribution < -0.4 is 0 Å². The quantitative estimate of drug-likeness (QED) is 0.795. The van der Waals surface area contributed by atoms with E-state index in [2.05, 4.69) is 4.98 Å². The van der Waals surface area contributed by atoms with Crippen LogP contribution in [0.3, 0.4) is 0 Å². The standard InChI is InChI=1S/C13H17N3O2S/c1-2-7-16(10-11-3-4-11)19(17,18)13-6-5-12(8-14)15-9-13/h5-6,9,11H,2-4,7,10H2,1H3. The molecular weight excluding hydrogens is 262 g/mol. The first-order valence-corrected chi connectivity index (χ1v) is 7.88. The van der Waals surface area contributed by atoms with Gasteiger partial charge in [0.05, 0.1) is 0 Å². The summed E-state index contributed by atoms with van der Waals surface area (Å²) in [5.41, 5.74) is 0.225. The van der Waals surface area contributed by atoms with Crippen molar-refractivity contribution in [2.24, 2.45) is 5.92 Å². The Balaban J connectivity index is 2.23. The second-order valence-electron chi connectivity index (χ2n) is 4.80. The zero-order valence-electron chi connectivity index (χ0n) is 10.9. The molecule has 102 valence electrons. The molecule has 0 unspecified atom stereocenters. The lowest BCUT2D eigenvalue weighted by Crippen LogP contribution is -2.33. The Morgan fingerprint density at radius 3 is 2.68 bits per heavy atom. The number of aromatic nitrogens is 1. The molecule has 1 aromatic rings. The van der Waals surface area contributed by atoms with E-state index in [9.17, 15) is 8.42 Å². The smallest absolute Gasteiger partial charge is 0.244 e. The molecule has 0 N–H and O–H groups in total. The normalized spacial score (nSPS) is 15.4. The van der Waals surface area contributed by atoms with Gasteiger partial charge in [-0.25, -0.2) is 13.4 Å². The summed E-state index contributed by atoms with van der Waals surface area (Å²) in [5.74, 6) is 0.507. The van der Waals surface area contributed by atoms with Crippen molar-refractivity contribution in [2.45, 2.75) is 31.1 Å². The third-order valence-corrected chi connectivity index (χ3v) is 4.97. The molecule has 0 aromatic carbocycles. The zero-order chi connectivity index (χ0) is 13.9. The van der Waals surface area contributed by atoms with Crippen molar-refractivity contribution >= 4 is 10.0 Å². The van der Waals surface area contributed by atoms with E-state index in [1.54, 1.807) is 0 Å². The van der Waals surface area contributed by atoms with Crippen LogP contribution in [0.1, 0.15) is 31.9 Å². The molecule has 19 heavy (non-hydrogen) atoms. The predicted octanol–water partition coefficient (Wildman–Crippen LogP) is 1.76. The van der Waals surface area contributed by atoms with Gasteiger partial charge in [-0.1, -0.05) is 6.92 Å². The van der Waals surface area contributed by atoms with Gasteiger partial charge in [-0.2, -0.15) is 9.57 Å². The maximum absolute atomic E-state index is 12.5. The van der Waals surface area contributed by atoms with E-state index in [1.165, 1.54) is 22.6 Å². The van der Waals surface area contributed by atoms with Crippen molar-refractivity contribution in [1.82, 2.24) is 9.29 Å². The van der Waals surface area contributed by atoms with Gasteiger partial charge < -0.3 is 0 Å². The SMILES string of the molecule is CCCN(CC1CC1)S(=O)(=O)c1ccc(C#N)nc1. The molecule has 0 atom stereocenters. The summed E-state index contributed by atoms with van der Waals surface area (Å²) in [5, 5.41) is 8.68. The van der Waals surface area contributed by atoms with E-state index < -0.39 is 10.0 Å². The van der Waals surface area contributed by atoms with Gasteiger partial charge in [0.25, 0.3) is 0 Å². The molecule has 0 amide bonds. The van der Waals surface area contributed by atoms with Gasteiger partial charge in [0, 0.05) is 19.3 Å². The van der Waals surface area contributed by atoms with Crippen LogP contribution in [0.5, 0.6) is 0 Å². The molecule has 2 rings (SSSR count). The van der Waals surface area contributed by atoms with E-state index in [0.717, 1.165) is 19.3 Å². The first-order chi connectivity index (χ1) is 9.07. The molecule has 0 bridgehead atoms. The predicted molar refractivity (Wildman–Crippen MR) is 70.7 cm³/mol. The highest BCUT2D eigenvalue weighted by atomic mass is 32.2.